The Hall–Kier alpha value is -1.86. The molecule has 0 aliphatic rings. The molecular formula is C11H10FNO2. The van der Waals surface area contributed by atoms with Crippen molar-refractivity contribution in [1.29, 1.82) is 0 Å². The minimum atomic E-state index is -0.554. The molecule has 0 aliphatic heterocycles. The van der Waals surface area contributed by atoms with E-state index < -0.39 is 11.7 Å². The molecule has 0 saturated carbocycles. The van der Waals surface area contributed by atoms with Crippen LogP contribution in [-0.2, 0) is 11.4 Å². The maximum absolute atomic E-state index is 13.1. The van der Waals surface area contributed by atoms with Crippen LogP contribution in [0.2, 0.25) is 0 Å². The molecule has 0 heterocycles. The topological polar surface area (TPSA) is 63.3 Å². The number of primary amides is 1. The summed E-state index contributed by atoms with van der Waals surface area (Å²) < 4.78 is 13.1. The molecule has 1 aromatic rings. The van der Waals surface area contributed by atoms with Crippen LogP contribution in [0.25, 0.3) is 0 Å². The second kappa shape index (κ2) is 5.13. The van der Waals surface area contributed by atoms with Gasteiger partial charge in [0.05, 0.1) is 18.6 Å². The third-order valence-electron chi connectivity index (χ3n) is 1.70. The maximum Gasteiger partial charge on any atom is 0.229 e. The summed E-state index contributed by atoms with van der Waals surface area (Å²) in [5, 5.41) is 8.82. The molecule has 0 aliphatic carbocycles. The zero-order valence-corrected chi connectivity index (χ0v) is 7.96. The van der Waals surface area contributed by atoms with Gasteiger partial charge in [0, 0.05) is 0 Å². The Kier molecular flexibility index (Phi) is 3.83. The largest absolute Gasteiger partial charge is 0.392 e. The van der Waals surface area contributed by atoms with E-state index in [0.717, 1.165) is 0 Å². The van der Waals surface area contributed by atoms with E-state index in [2.05, 4.69) is 11.8 Å². The van der Waals surface area contributed by atoms with Crippen LogP contribution in [0.5, 0.6) is 0 Å². The van der Waals surface area contributed by atoms with Crippen molar-refractivity contribution < 1.29 is 14.3 Å². The Morgan fingerprint density at radius 2 is 2.27 bits per heavy atom. The average molecular weight is 207 g/mol. The second-order valence-corrected chi connectivity index (χ2v) is 2.92. The number of amides is 1. The highest BCUT2D eigenvalue weighted by Crippen LogP contribution is 2.09. The molecule has 0 bridgehead atoms. The summed E-state index contributed by atoms with van der Waals surface area (Å²) in [5.74, 6) is 3.89. The lowest BCUT2D eigenvalue weighted by atomic mass is 10.1. The number of aliphatic hydroxyl groups excluding tert-OH is 1. The fourth-order valence-corrected chi connectivity index (χ4v) is 0.993. The first-order valence-electron chi connectivity index (χ1n) is 4.30. The predicted molar refractivity (Wildman–Crippen MR) is 53.0 cm³/mol. The van der Waals surface area contributed by atoms with Crippen molar-refractivity contribution in [3.63, 3.8) is 0 Å². The molecule has 1 rings (SSSR count). The van der Waals surface area contributed by atoms with Crippen LogP contribution in [0.15, 0.2) is 18.2 Å². The van der Waals surface area contributed by atoms with Gasteiger partial charge in [0.25, 0.3) is 0 Å². The zero-order valence-electron chi connectivity index (χ0n) is 7.96. The minimum absolute atomic E-state index is 0.108. The summed E-state index contributed by atoms with van der Waals surface area (Å²) in [6.45, 7) is -0.176. The number of benzene rings is 1. The van der Waals surface area contributed by atoms with Crippen molar-refractivity contribution >= 4 is 5.91 Å². The summed E-state index contributed by atoms with van der Waals surface area (Å²) in [5.41, 5.74) is 5.60. The number of halogens is 1. The number of carbonyl (C=O) groups excluding carboxylic acids is 1. The number of aliphatic hydroxyl groups is 1. The smallest absolute Gasteiger partial charge is 0.229 e. The molecule has 0 fully saturated rings. The molecule has 1 amide bonds. The third-order valence-corrected chi connectivity index (χ3v) is 1.70. The van der Waals surface area contributed by atoms with Crippen molar-refractivity contribution in [2.24, 2.45) is 5.73 Å². The van der Waals surface area contributed by atoms with E-state index >= 15 is 0 Å². The highest BCUT2D eigenvalue weighted by molar-refractivity contribution is 5.76. The Morgan fingerprint density at radius 1 is 1.53 bits per heavy atom. The quantitative estimate of drug-likeness (QED) is 0.695. The van der Waals surface area contributed by atoms with Gasteiger partial charge in [0.2, 0.25) is 5.91 Å². The first kappa shape index (κ1) is 11.2. The Balaban J connectivity index is 2.91. The van der Waals surface area contributed by atoms with Crippen LogP contribution < -0.4 is 5.73 Å². The molecule has 0 aromatic heterocycles. The molecule has 1 aromatic carbocycles. The van der Waals surface area contributed by atoms with Gasteiger partial charge in [-0.05, 0) is 17.7 Å². The Bertz CT molecular complexity index is 432. The number of nitrogens with two attached hydrogens (primary N) is 1. The van der Waals surface area contributed by atoms with Crippen molar-refractivity contribution in [3.05, 3.63) is 35.1 Å². The first-order valence-corrected chi connectivity index (χ1v) is 4.30. The van der Waals surface area contributed by atoms with E-state index in [4.69, 9.17) is 10.8 Å². The number of carbonyl (C=O) groups is 1. The fraction of sp³-hybridized carbons (Fsp3) is 0.182. The Morgan fingerprint density at radius 3 is 2.87 bits per heavy atom. The lowest BCUT2D eigenvalue weighted by molar-refractivity contribution is -0.117. The van der Waals surface area contributed by atoms with Gasteiger partial charge in [0.15, 0.2) is 0 Å². The highest BCUT2D eigenvalue weighted by atomic mass is 19.1. The van der Waals surface area contributed by atoms with Crippen LogP contribution in [0.4, 0.5) is 4.39 Å². The second-order valence-electron chi connectivity index (χ2n) is 2.92. The molecule has 3 N–H and O–H groups in total. The summed E-state index contributed by atoms with van der Waals surface area (Å²) in [6, 6.07) is 4.12. The van der Waals surface area contributed by atoms with Crippen LogP contribution >= 0.6 is 0 Å². The fourth-order valence-electron chi connectivity index (χ4n) is 0.993. The van der Waals surface area contributed by atoms with Gasteiger partial charge in [-0.2, -0.15) is 0 Å². The third kappa shape index (κ3) is 3.41. The van der Waals surface area contributed by atoms with Crippen molar-refractivity contribution in [2.45, 2.75) is 13.0 Å². The summed E-state index contributed by atoms with van der Waals surface area (Å²) in [6.07, 6.45) is -0.108. The molecule has 0 radical (unpaired) electrons. The molecule has 0 atom stereocenters. The number of rotatable bonds is 2. The van der Waals surface area contributed by atoms with E-state index in [0.29, 0.717) is 5.56 Å². The van der Waals surface area contributed by atoms with Gasteiger partial charge in [-0.3, -0.25) is 4.79 Å². The highest BCUT2D eigenvalue weighted by Gasteiger charge is 2.00. The van der Waals surface area contributed by atoms with Crippen molar-refractivity contribution in [1.82, 2.24) is 0 Å². The number of hydrogen-bond acceptors (Lipinski definition) is 2. The minimum Gasteiger partial charge on any atom is -0.392 e. The molecule has 0 unspecified atom stereocenters. The number of hydrogen-bond donors (Lipinski definition) is 2. The summed E-state index contributed by atoms with van der Waals surface area (Å²) in [4.78, 5) is 10.4. The molecule has 78 valence electrons. The van der Waals surface area contributed by atoms with E-state index in [1.807, 2.05) is 0 Å². The van der Waals surface area contributed by atoms with Crippen LogP contribution in [0.1, 0.15) is 17.5 Å². The van der Waals surface area contributed by atoms with Crippen LogP contribution in [-0.4, -0.2) is 11.0 Å². The average Bonchev–Trinajstić information content (AvgIpc) is 2.20. The molecule has 4 heteroatoms. The van der Waals surface area contributed by atoms with Gasteiger partial charge in [0.1, 0.15) is 5.82 Å². The van der Waals surface area contributed by atoms with Gasteiger partial charge in [-0.15, -0.1) is 0 Å². The van der Waals surface area contributed by atoms with E-state index in [1.54, 1.807) is 0 Å². The molecule has 3 nitrogen and oxygen atoms in total. The van der Waals surface area contributed by atoms with E-state index in [9.17, 15) is 9.18 Å². The maximum atomic E-state index is 13.1. The van der Waals surface area contributed by atoms with Crippen LogP contribution in [0, 0.1) is 17.7 Å². The lowest BCUT2D eigenvalue weighted by Gasteiger charge is -1.98. The predicted octanol–water partition coefficient (Wildman–Crippen LogP) is 0.545. The van der Waals surface area contributed by atoms with Gasteiger partial charge in [-0.25, -0.2) is 4.39 Å². The monoisotopic (exact) mass is 207 g/mol. The van der Waals surface area contributed by atoms with Crippen molar-refractivity contribution in [3.8, 4) is 11.8 Å². The summed E-state index contributed by atoms with van der Waals surface area (Å²) >= 11 is 0. The normalized spacial score (nSPS) is 9.20. The van der Waals surface area contributed by atoms with Gasteiger partial charge < -0.3 is 10.8 Å². The van der Waals surface area contributed by atoms with Gasteiger partial charge in [-0.1, -0.05) is 17.9 Å². The molecular weight excluding hydrogens is 197 g/mol. The van der Waals surface area contributed by atoms with Crippen LogP contribution in [0.3, 0.4) is 0 Å². The Labute approximate surface area is 86.7 Å². The SMILES string of the molecule is NC(=O)CC#Cc1cc(CO)ccc1F. The van der Waals surface area contributed by atoms with Crippen molar-refractivity contribution in [2.75, 3.05) is 0 Å². The molecule has 0 spiro atoms. The van der Waals surface area contributed by atoms with Gasteiger partial charge >= 0.3 is 0 Å². The molecule has 15 heavy (non-hydrogen) atoms. The molecule has 0 saturated heterocycles. The first-order chi connectivity index (χ1) is 7.13. The van der Waals surface area contributed by atoms with E-state index in [-0.39, 0.29) is 18.6 Å². The zero-order chi connectivity index (χ0) is 11.3. The van der Waals surface area contributed by atoms with E-state index in [1.165, 1.54) is 18.2 Å². The standard InChI is InChI=1S/C11H10FNO2/c12-10-5-4-8(7-14)6-9(10)2-1-3-11(13)15/h4-6,14H,3,7H2,(H2,13,15). The lowest BCUT2D eigenvalue weighted by Crippen LogP contribution is -2.08. The summed E-state index contributed by atoms with van der Waals surface area (Å²) in [7, 11) is 0.